The van der Waals surface area contributed by atoms with Crippen LogP contribution in [0.3, 0.4) is 0 Å². The van der Waals surface area contributed by atoms with Gasteiger partial charge in [-0.25, -0.2) is 18.7 Å². The highest BCUT2D eigenvalue weighted by Crippen LogP contribution is 2.25. The van der Waals surface area contributed by atoms with Crippen molar-refractivity contribution >= 4 is 17.4 Å². The lowest BCUT2D eigenvalue weighted by molar-refractivity contribution is -0.114. The zero-order valence-electron chi connectivity index (χ0n) is 16.3. The summed E-state index contributed by atoms with van der Waals surface area (Å²) in [6.07, 6.45) is 1.24. The minimum atomic E-state index is -0.612. The van der Waals surface area contributed by atoms with Crippen molar-refractivity contribution in [1.82, 2.24) is 15.3 Å². The van der Waals surface area contributed by atoms with Crippen LogP contribution in [0.1, 0.15) is 28.8 Å². The molecule has 0 radical (unpaired) electrons. The number of benzene rings is 1. The molecule has 3 N–H and O–H groups in total. The van der Waals surface area contributed by atoms with Crippen LogP contribution in [0.2, 0.25) is 0 Å². The summed E-state index contributed by atoms with van der Waals surface area (Å²) >= 11 is 0. The number of nitrogens with zero attached hydrogens (tertiary/aromatic N) is 3. The number of halogens is 2. The normalized spacial score (nSPS) is 20.5. The molecule has 1 saturated heterocycles. The van der Waals surface area contributed by atoms with Gasteiger partial charge in [0.1, 0.15) is 29.5 Å². The number of amides is 1. The molecule has 1 amide bonds. The molecule has 2 aliphatic heterocycles. The Balaban J connectivity index is 1.52. The van der Waals surface area contributed by atoms with E-state index < -0.39 is 23.6 Å². The molecular formula is C20H21F2N5O3. The largest absolute Gasteiger partial charge is 0.391 e. The van der Waals surface area contributed by atoms with Gasteiger partial charge in [0.2, 0.25) is 0 Å². The number of nitrogens with one attached hydrogen (secondary N) is 2. The van der Waals surface area contributed by atoms with Crippen LogP contribution < -0.4 is 10.6 Å². The van der Waals surface area contributed by atoms with Crippen molar-refractivity contribution in [2.24, 2.45) is 4.99 Å². The molecule has 2 atom stereocenters. The Morgan fingerprint density at radius 3 is 2.97 bits per heavy atom. The van der Waals surface area contributed by atoms with Crippen LogP contribution in [0.5, 0.6) is 0 Å². The van der Waals surface area contributed by atoms with Crippen LogP contribution in [0.25, 0.3) is 0 Å². The molecule has 0 saturated carbocycles. The van der Waals surface area contributed by atoms with E-state index in [1.165, 1.54) is 13.3 Å². The monoisotopic (exact) mass is 417 g/mol. The lowest BCUT2D eigenvalue weighted by Crippen LogP contribution is -2.43. The first-order valence-electron chi connectivity index (χ1n) is 9.57. The van der Waals surface area contributed by atoms with Crippen molar-refractivity contribution < 1.29 is 23.4 Å². The van der Waals surface area contributed by atoms with E-state index in [-0.39, 0.29) is 36.0 Å². The number of carbonyl (C=O) groups excluding carboxylic acids is 1. The second-order valence-electron chi connectivity index (χ2n) is 7.27. The summed E-state index contributed by atoms with van der Waals surface area (Å²) in [6.45, 7) is 2.25. The van der Waals surface area contributed by atoms with Crippen LogP contribution in [0, 0.1) is 18.6 Å². The van der Waals surface area contributed by atoms with Gasteiger partial charge in [-0.15, -0.1) is 0 Å². The molecule has 0 bridgehead atoms. The predicted molar refractivity (Wildman–Crippen MR) is 104 cm³/mol. The molecular weight excluding hydrogens is 396 g/mol. The van der Waals surface area contributed by atoms with Crippen LogP contribution in [-0.2, 0) is 22.6 Å². The Labute approximate surface area is 171 Å². The topological polar surface area (TPSA) is 109 Å². The van der Waals surface area contributed by atoms with Crippen molar-refractivity contribution in [3.05, 3.63) is 52.5 Å². The molecule has 0 aliphatic carbocycles. The maximum Gasteiger partial charge on any atom is 0.270 e. The highest BCUT2D eigenvalue weighted by atomic mass is 19.1. The highest BCUT2D eigenvalue weighted by Gasteiger charge is 2.30. The standard InChI is InChI=1S/C20H21F2N5O3/c1-10-4-12(21)5-11(17(10)22)6-24-20(29)18-16-13(7-23-18)25-9-26-19(16)27-14-8-30-3-2-15(14)28/h4-5,9,14-15,28H,2-3,6-8H2,1H3,(H,24,29)(H,25,26,27)/t14-,15-/m1/s1. The summed E-state index contributed by atoms with van der Waals surface area (Å²) in [5, 5.41) is 15.9. The fraction of sp³-hybridized carbons (Fsp3) is 0.400. The number of rotatable bonds is 5. The van der Waals surface area contributed by atoms with E-state index in [4.69, 9.17) is 4.74 Å². The van der Waals surface area contributed by atoms with Gasteiger partial charge in [0, 0.05) is 18.7 Å². The first kappa shape index (κ1) is 20.3. The highest BCUT2D eigenvalue weighted by molar-refractivity contribution is 6.47. The van der Waals surface area contributed by atoms with E-state index in [9.17, 15) is 18.7 Å². The average molecular weight is 417 g/mol. The van der Waals surface area contributed by atoms with Crippen LogP contribution in [-0.4, -0.2) is 52.1 Å². The van der Waals surface area contributed by atoms with Crippen LogP contribution in [0.4, 0.5) is 14.6 Å². The third-order valence-electron chi connectivity index (χ3n) is 5.14. The molecule has 8 nitrogen and oxygen atoms in total. The number of aryl methyl sites for hydroxylation is 1. The fourth-order valence-corrected chi connectivity index (χ4v) is 3.54. The molecule has 1 fully saturated rings. The van der Waals surface area contributed by atoms with Gasteiger partial charge in [-0.2, -0.15) is 0 Å². The number of aromatic nitrogens is 2. The zero-order chi connectivity index (χ0) is 21.3. The summed E-state index contributed by atoms with van der Waals surface area (Å²) in [5.41, 5.74) is 1.31. The summed E-state index contributed by atoms with van der Waals surface area (Å²) < 4.78 is 33.2. The van der Waals surface area contributed by atoms with E-state index in [0.717, 1.165) is 12.1 Å². The Bertz CT molecular complexity index is 1010. The second kappa shape index (κ2) is 8.41. The summed E-state index contributed by atoms with van der Waals surface area (Å²) in [6, 6.07) is 1.76. The molecule has 3 heterocycles. The minimum Gasteiger partial charge on any atom is -0.391 e. The maximum absolute atomic E-state index is 14.2. The van der Waals surface area contributed by atoms with Crippen molar-refractivity contribution in [1.29, 1.82) is 0 Å². The number of aliphatic hydroxyl groups excluding tert-OH is 1. The Morgan fingerprint density at radius 2 is 2.17 bits per heavy atom. The summed E-state index contributed by atoms with van der Waals surface area (Å²) in [7, 11) is 0. The van der Waals surface area contributed by atoms with Crippen molar-refractivity contribution in [2.45, 2.75) is 38.6 Å². The lowest BCUT2D eigenvalue weighted by atomic mass is 10.1. The number of aliphatic imine (C=N–C) groups is 1. The lowest BCUT2D eigenvalue weighted by Gasteiger charge is -2.29. The molecule has 1 aromatic carbocycles. The smallest absolute Gasteiger partial charge is 0.270 e. The maximum atomic E-state index is 14.2. The van der Waals surface area contributed by atoms with Crippen molar-refractivity contribution in [3.8, 4) is 0 Å². The Hall–Kier alpha value is -2.98. The van der Waals surface area contributed by atoms with Gasteiger partial charge in [0.25, 0.3) is 5.91 Å². The third kappa shape index (κ3) is 4.01. The first-order valence-corrected chi connectivity index (χ1v) is 9.57. The van der Waals surface area contributed by atoms with Gasteiger partial charge in [0.05, 0.1) is 36.6 Å². The molecule has 0 unspecified atom stereocenters. The molecule has 158 valence electrons. The quantitative estimate of drug-likeness (QED) is 0.676. The van der Waals surface area contributed by atoms with Gasteiger partial charge in [-0.3, -0.25) is 9.79 Å². The second-order valence-corrected chi connectivity index (χ2v) is 7.27. The van der Waals surface area contributed by atoms with E-state index in [1.807, 2.05) is 0 Å². The number of hydrogen-bond acceptors (Lipinski definition) is 7. The van der Waals surface area contributed by atoms with E-state index in [0.29, 0.717) is 36.7 Å². The number of hydrogen-bond donors (Lipinski definition) is 3. The Morgan fingerprint density at radius 1 is 1.33 bits per heavy atom. The van der Waals surface area contributed by atoms with Gasteiger partial charge >= 0.3 is 0 Å². The third-order valence-corrected chi connectivity index (χ3v) is 5.14. The average Bonchev–Trinajstić information content (AvgIpc) is 3.16. The van der Waals surface area contributed by atoms with Gasteiger partial charge in [-0.1, -0.05) is 0 Å². The number of anilines is 1. The zero-order valence-corrected chi connectivity index (χ0v) is 16.3. The molecule has 0 spiro atoms. The molecule has 2 aliphatic rings. The van der Waals surface area contributed by atoms with Gasteiger partial charge in [0.15, 0.2) is 0 Å². The van der Waals surface area contributed by atoms with E-state index in [2.05, 4.69) is 25.6 Å². The molecule has 2 aromatic rings. The van der Waals surface area contributed by atoms with E-state index >= 15 is 0 Å². The number of aliphatic hydroxyl groups is 1. The number of ether oxygens (including phenoxy) is 1. The molecule has 30 heavy (non-hydrogen) atoms. The summed E-state index contributed by atoms with van der Waals surface area (Å²) in [4.78, 5) is 25.4. The number of fused-ring (bicyclic) bond motifs is 1. The molecule has 10 heteroatoms. The van der Waals surface area contributed by atoms with E-state index in [1.54, 1.807) is 0 Å². The predicted octanol–water partition coefficient (Wildman–Crippen LogP) is 1.24. The van der Waals surface area contributed by atoms with Crippen molar-refractivity contribution in [3.63, 3.8) is 0 Å². The van der Waals surface area contributed by atoms with Crippen LogP contribution >= 0.6 is 0 Å². The van der Waals surface area contributed by atoms with Gasteiger partial charge < -0.3 is 20.5 Å². The fourth-order valence-electron chi connectivity index (χ4n) is 3.54. The molecule has 4 rings (SSSR count). The molecule has 1 aromatic heterocycles. The SMILES string of the molecule is Cc1cc(F)cc(CNC(=O)C2=NCc3ncnc(N[C@@H]4COCC[C@H]4O)c32)c1F. The first-order chi connectivity index (χ1) is 14.4. The Kier molecular flexibility index (Phi) is 5.69. The van der Waals surface area contributed by atoms with Gasteiger partial charge in [-0.05, 0) is 31.0 Å². The van der Waals surface area contributed by atoms with Crippen LogP contribution in [0.15, 0.2) is 23.5 Å². The summed E-state index contributed by atoms with van der Waals surface area (Å²) in [5.74, 6) is -1.32. The minimum absolute atomic E-state index is 0.0461. The number of carbonyl (C=O) groups is 1. The van der Waals surface area contributed by atoms with Crippen molar-refractivity contribution in [2.75, 3.05) is 18.5 Å².